The van der Waals surface area contributed by atoms with E-state index in [0.29, 0.717) is 18.7 Å². The van der Waals surface area contributed by atoms with Crippen molar-refractivity contribution in [2.75, 3.05) is 6.54 Å². The van der Waals surface area contributed by atoms with Crippen LogP contribution in [0.3, 0.4) is 0 Å². The fraction of sp³-hybridized carbons (Fsp3) is 0.364. The Morgan fingerprint density at radius 3 is 2.87 bits per heavy atom. The number of ether oxygens (including phenoxy) is 1. The van der Waals surface area contributed by atoms with Crippen LogP contribution in [0.2, 0.25) is 0 Å². The minimum absolute atomic E-state index is 0.106. The number of nitrogens with two attached hydrogens (primary N) is 2. The van der Waals surface area contributed by atoms with E-state index in [4.69, 9.17) is 16.2 Å². The van der Waals surface area contributed by atoms with E-state index in [1.807, 2.05) is 12.1 Å². The van der Waals surface area contributed by atoms with E-state index < -0.39 is 0 Å². The molecule has 0 saturated carbocycles. The molecule has 1 aromatic rings. The molecule has 15 heavy (non-hydrogen) atoms. The number of carbonyl (C=O) groups is 1. The highest BCUT2D eigenvalue weighted by atomic mass is 16.5. The lowest BCUT2D eigenvalue weighted by molar-refractivity contribution is -0.131. The topological polar surface area (TPSA) is 78.3 Å². The Labute approximate surface area is 89.2 Å². The van der Waals surface area contributed by atoms with Gasteiger partial charge in [0.25, 0.3) is 0 Å². The molecule has 1 atom stereocenters. The van der Waals surface area contributed by atoms with Gasteiger partial charge in [0.2, 0.25) is 0 Å². The summed E-state index contributed by atoms with van der Waals surface area (Å²) in [5.41, 5.74) is 12.2. The van der Waals surface area contributed by atoms with Gasteiger partial charge in [-0.3, -0.25) is 4.79 Å². The number of hydrogen-bond acceptors (Lipinski definition) is 4. The van der Waals surface area contributed by atoms with Gasteiger partial charge in [-0.05, 0) is 30.7 Å². The van der Waals surface area contributed by atoms with Crippen molar-refractivity contribution >= 4 is 5.97 Å². The molecule has 1 rings (SSSR count). The van der Waals surface area contributed by atoms with E-state index in [0.717, 1.165) is 5.56 Å². The van der Waals surface area contributed by atoms with Crippen molar-refractivity contribution in [2.24, 2.45) is 11.5 Å². The van der Waals surface area contributed by atoms with Crippen LogP contribution in [-0.4, -0.2) is 12.5 Å². The van der Waals surface area contributed by atoms with Gasteiger partial charge in [0.1, 0.15) is 5.75 Å². The average Bonchev–Trinajstić information content (AvgIpc) is 2.17. The average molecular weight is 208 g/mol. The van der Waals surface area contributed by atoms with Crippen LogP contribution in [-0.2, 0) is 4.79 Å². The number of esters is 1. The van der Waals surface area contributed by atoms with E-state index in [2.05, 4.69) is 0 Å². The highest BCUT2D eigenvalue weighted by Crippen LogP contribution is 2.19. The summed E-state index contributed by atoms with van der Waals surface area (Å²) in [6.45, 7) is 1.91. The minimum Gasteiger partial charge on any atom is -0.427 e. The van der Waals surface area contributed by atoms with Crippen molar-refractivity contribution in [1.29, 1.82) is 0 Å². The number of hydrogen-bond donors (Lipinski definition) is 2. The summed E-state index contributed by atoms with van der Waals surface area (Å²) in [7, 11) is 0. The molecule has 0 radical (unpaired) electrons. The Bertz CT molecular complexity index is 339. The molecule has 0 aliphatic carbocycles. The molecule has 1 aromatic carbocycles. The Morgan fingerprint density at radius 1 is 1.53 bits per heavy atom. The largest absolute Gasteiger partial charge is 0.427 e. The second kappa shape index (κ2) is 5.48. The SMILES string of the molecule is CC(=O)Oc1cccc([C@H](N)CCN)c1. The maximum Gasteiger partial charge on any atom is 0.308 e. The minimum atomic E-state index is -0.334. The molecule has 4 heteroatoms. The standard InChI is InChI=1S/C11H16N2O2/c1-8(14)15-10-4-2-3-9(7-10)11(13)5-6-12/h2-4,7,11H,5-6,12-13H2,1H3/t11-/m1/s1. The van der Waals surface area contributed by atoms with E-state index in [9.17, 15) is 4.79 Å². The van der Waals surface area contributed by atoms with Gasteiger partial charge in [-0.2, -0.15) is 0 Å². The predicted octanol–water partition coefficient (Wildman–Crippen LogP) is 0.961. The van der Waals surface area contributed by atoms with Crippen molar-refractivity contribution in [3.63, 3.8) is 0 Å². The molecule has 0 bridgehead atoms. The van der Waals surface area contributed by atoms with Gasteiger partial charge >= 0.3 is 5.97 Å². The molecule has 0 fully saturated rings. The third kappa shape index (κ3) is 3.69. The molecule has 0 saturated heterocycles. The van der Waals surface area contributed by atoms with Crippen LogP contribution < -0.4 is 16.2 Å². The van der Waals surface area contributed by atoms with Crippen LogP contribution in [0.15, 0.2) is 24.3 Å². The molecule has 0 aliphatic rings. The third-order valence-electron chi connectivity index (χ3n) is 2.03. The number of carbonyl (C=O) groups excluding carboxylic acids is 1. The molecule has 0 heterocycles. The van der Waals surface area contributed by atoms with E-state index in [-0.39, 0.29) is 12.0 Å². The second-order valence-corrected chi connectivity index (χ2v) is 3.35. The van der Waals surface area contributed by atoms with Gasteiger partial charge in [0.05, 0.1) is 0 Å². The summed E-state index contributed by atoms with van der Waals surface area (Å²) in [6.07, 6.45) is 0.712. The maximum atomic E-state index is 10.7. The molecule has 4 N–H and O–H groups in total. The molecule has 4 nitrogen and oxygen atoms in total. The van der Waals surface area contributed by atoms with Crippen LogP contribution in [0.5, 0.6) is 5.75 Å². The molecular weight excluding hydrogens is 192 g/mol. The van der Waals surface area contributed by atoms with E-state index >= 15 is 0 Å². The molecule has 0 amide bonds. The summed E-state index contributed by atoms with van der Waals surface area (Å²) in [4.78, 5) is 10.7. The summed E-state index contributed by atoms with van der Waals surface area (Å²) in [5, 5.41) is 0. The van der Waals surface area contributed by atoms with E-state index in [1.54, 1.807) is 12.1 Å². The first kappa shape index (κ1) is 11.7. The van der Waals surface area contributed by atoms with Gasteiger partial charge < -0.3 is 16.2 Å². The Kier molecular flexibility index (Phi) is 4.27. The quantitative estimate of drug-likeness (QED) is 0.570. The smallest absolute Gasteiger partial charge is 0.308 e. The van der Waals surface area contributed by atoms with Gasteiger partial charge in [0.15, 0.2) is 0 Å². The van der Waals surface area contributed by atoms with Gasteiger partial charge in [-0.1, -0.05) is 12.1 Å². The van der Waals surface area contributed by atoms with Crippen molar-refractivity contribution < 1.29 is 9.53 Å². The first-order chi connectivity index (χ1) is 7.13. The Morgan fingerprint density at radius 2 is 2.27 bits per heavy atom. The number of rotatable bonds is 4. The highest BCUT2D eigenvalue weighted by Gasteiger charge is 2.06. The first-order valence-electron chi connectivity index (χ1n) is 4.87. The zero-order chi connectivity index (χ0) is 11.3. The lowest BCUT2D eigenvalue weighted by atomic mass is 10.0. The highest BCUT2D eigenvalue weighted by molar-refractivity contribution is 5.69. The second-order valence-electron chi connectivity index (χ2n) is 3.35. The van der Waals surface area contributed by atoms with Crippen LogP contribution in [0, 0.1) is 0 Å². The maximum absolute atomic E-state index is 10.7. The van der Waals surface area contributed by atoms with Crippen molar-refractivity contribution in [3.8, 4) is 5.75 Å². The van der Waals surface area contributed by atoms with Gasteiger partial charge in [-0.15, -0.1) is 0 Å². The summed E-state index contributed by atoms with van der Waals surface area (Å²) >= 11 is 0. The molecular formula is C11H16N2O2. The monoisotopic (exact) mass is 208 g/mol. The molecule has 0 spiro atoms. The molecule has 82 valence electrons. The van der Waals surface area contributed by atoms with Crippen LogP contribution in [0.4, 0.5) is 0 Å². The molecule has 0 aromatic heterocycles. The van der Waals surface area contributed by atoms with Crippen LogP contribution >= 0.6 is 0 Å². The van der Waals surface area contributed by atoms with Crippen molar-refractivity contribution in [1.82, 2.24) is 0 Å². The summed E-state index contributed by atoms with van der Waals surface area (Å²) in [6, 6.07) is 7.09. The first-order valence-corrected chi connectivity index (χ1v) is 4.87. The Balaban J connectivity index is 2.77. The Hall–Kier alpha value is -1.39. The predicted molar refractivity (Wildman–Crippen MR) is 58.4 cm³/mol. The summed E-state index contributed by atoms with van der Waals surface area (Å²) < 4.78 is 4.96. The molecule has 0 unspecified atom stereocenters. The number of benzene rings is 1. The lowest BCUT2D eigenvalue weighted by Crippen LogP contribution is -2.15. The van der Waals surface area contributed by atoms with Crippen LogP contribution in [0.1, 0.15) is 24.9 Å². The zero-order valence-corrected chi connectivity index (χ0v) is 8.77. The van der Waals surface area contributed by atoms with Gasteiger partial charge in [-0.25, -0.2) is 0 Å². The van der Waals surface area contributed by atoms with Crippen molar-refractivity contribution in [3.05, 3.63) is 29.8 Å². The fourth-order valence-electron chi connectivity index (χ4n) is 1.32. The van der Waals surface area contributed by atoms with E-state index in [1.165, 1.54) is 6.92 Å². The third-order valence-corrected chi connectivity index (χ3v) is 2.03. The van der Waals surface area contributed by atoms with Gasteiger partial charge in [0, 0.05) is 13.0 Å². The molecule has 0 aliphatic heterocycles. The zero-order valence-electron chi connectivity index (χ0n) is 8.77. The van der Waals surface area contributed by atoms with Crippen LogP contribution in [0.25, 0.3) is 0 Å². The lowest BCUT2D eigenvalue weighted by Gasteiger charge is -2.11. The normalized spacial score (nSPS) is 12.2. The van der Waals surface area contributed by atoms with Crippen molar-refractivity contribution in [2.45, 2.75) is 19.4 Å². The summed E-state index contributed by atoms with van der Waals surface area (Å²) in [5.74, 6) is 0.187. The fourth-order valence-corrected chi connectivity index (χ4v) is 1.32.